The number of rotatable bonds is 4. The number of phenolic OH excluding ortho intramolecular Hbond substituents is 1. The van der Waals surface area contributed by atoms with Crippen LogP contribution in [0.5, 0.6) is 5.75 Å². The van der Waals surface area contributed by atoms with Crippen LogP contribution in [0.3, 0.4) is 0 Å². The van der Waals surface area contributed by atoms with Crippen molar-refractivity contribution >= 4 is 0 Å². The SMILES string of the molecule is CCCC(OO)c1ccc(O)cc1. The van der Waals surface area contributed by atoms with Crippen molar-refractivity contribution in [3.05, 3.63) is 29.8 Å². The molecule has 13 heavy (non-hydrogen) atoms. The van der Waals surface area contributed by atoms with E-state index in [9.17, 15) is 0 Å². The average molecular weight is 182 g/mol. The molecule has 1 aromatic carbocycles. The molecule has 0 saturated heterocycles. The van der Waals surface area contributed by atoms with Gasteiger partial charge in [-0.2, -0.15) is 0 Å². The van der Waals surface area contributed by atoms with Crippen LogP contribution in [0.1, 0.15) is 31.4 Å². The van der Waals surface area contributed by atoms with Crippen LogP contribution in [0.2, 0.25) is 0 Å². The normalized spacial score (nSPS) is 12.8. The highest BCUT2D eigenvalue weighted by Gasteiger charge is 2.10. The summed E-state index contributed by atoms with van der Waals surface area (Å²) in [5.74, 6) is 0.219. The Morgan fingerprint density at radius 3 is 2.38 bits per heavy atom. The van der Waals surface area contributed by atoms with Gasteiger partial charge in [0.25, 0.3) is 0 Å². The lowest BCUT2D eigenvalue weighted by Crippen LogP contribution is -2.00. The lowest BCUT2D eigenvalue weighted by Gasteiger charge is -2.12. The third-order valence-electron chi connectivity index (χ3n) is 1.94. The Morgan fingerprint density at radius 2 is 1.92 bits per heavy atom. The van der Waals surface area contributed by atoms with Gasteiger partial charge in [0.15, 0.2) is 0 Å². The second-order valence-electron chi connectivity index (χ2n) is 2.97. The van der Waals surface area contributed by atoms with E-state index in [0.717, 1.165) is 18.4 Å². The summed E-state index contributed by atoms with van der Waals surface area (Å²) in [6, 6.07) is 6.64. The first-order valence-corrected chi connectivity index (χ1v) is 4.37. The molecule has 72 valence electrons. The topological polar surface area (TPSA) is 49.7 Å². The molecule has 2 N–H and O–H groups in total. The molecule has 3 nitrogen and oxygen atoms in total. The van der Waals surface area contributed by atoms with Crippen molar-refractivity contribution in [2.45, 2.75) is 25.9 Å². The molecule has 0 fully saturated rings. The smallest absolute Gasteiger partial charge is 0.118 e. The summed E-state index contributed by atoms with van der Waals surface area (Å²) in [4.78, 5) is 4.33. The van der Waals surface area contributed by atoms with Gasteiger partial charge in [-0.1, -0.05) is 25.5 Å². The Kier molecular flexibility index (Phi) is 3.73. The zero-order valence-corrected chi connectivity index (χ0v) is 7.60. The number of hydrogen-bond donors (Lipinski definition) is 2. The highest BCUT2D eigenvalue weighted by molar-refractivity contribution is 5.27. The zero-order valence-electron chi connectivity index (χ0n) is 7.60. The molecule has 0 aromatic heterocycles. The van der Waals surface area contributed by atoms with Crippen LogP contribution in [0.25, 0.3) is 0 Å². The van der Waals surface area contributed by atoms with Crippen LogP contribution >= 0.6 is 0 Å². The number of hydrogen-bond acceptors (Lipinski definition) is 3. The van der Waals surface area contributed by atoms with Crippen molar-refractivity contribution in [1.29, 1.82) is 0 Å². The lowest BCUT2D eigenvalue weighted by molar-refractivity contribution is -0.283. The largest absolute Gasteiger partial charge is 0.508 e. The Balaban J connectivity index is 2.73. The fourth-order valence-corrected chi connectivity index (χ4v) is 1.23. The molecular weight excluding hydrogens is 168 g/mol. The molecule has 3 heteroatoms. The average Bonchev–Trinajstić information content (AvgIpc) is 2.16. The molecule has 0 heterocycles. The highest BCUT2D eigenvalue weighted by Crippen LogP contribution is 2.23. The molecule has 1 rings (SSSR count). The predicted molar refractivity (Wildman–Crippen MR) is 49.5 cm³/mol. The van der Waals surface area contributed by atoms with E-state index in [1.54, 1.807) is 24.3 Å². The molecule has 0 spiro atoms. The maximum Gasteiger partial charge on any atom is 0.118 e. The van der Waals surface area contributed by atoms with E-state index in [4.69, 9.17) is 10.4 Å². The van der Waals surface area contributed by atoms with Crippen LogP contribution in [-0.2, 0) is 4.89 Å². The van der Waals surface area contributed by atoms with E-state index in [2.05, 4.69) is 4.89 Å². The molecule has 1 atom stereocenters. The van der Waals surface area contributed by atoms with Crippen molar-refractivity contribution in [3.63, 3.8) is 0 Å². The molecule has 1 aromatic rings. The van der Waals surface area contributed by atoms with Crippen LogP contribution in [-0.4, -0.2) is 10.4 Å². The molecule has 0 radical (unpaired) electrons. The highest BCUT2D eigenvalue weighted by atomic mass is 17.1. The molecular formula is C10H14O3. The fourth-order valence-electron chi connectivity index (χ4n) is 1.23. The predicted octanol–water partition coefficient (Wildman–Crippen LogP) is 2.72. The Hall–Kier alpha value is -1.06. The summed E-state index contributed by atoms with van der Waals surface area (Å²) < 4.78 is 0. The van der Waals surface area contributed by atoms with Crippen molar-refractivity contribution < 1.29 is 15.3 Å². The summed E-state index contributed by atoms with van der Waals surface area (Å²) in [6.45, 7) is 2.02. The standard InChI is InChI=1S/C10H14O3/c1-2-3-10(13-12)8-4-6-9(11)7-5-8/h4-7,10-12H,2-3H2,1H3. The van der Waals surface area contributed by atoms with Gasteiger partial charge in [0.05, 0.1) is 0 Å². The van der Waals surface area contributed by atoms with Crippen LogP contribution in [0.4, 0.5) is 0 Å². The second-order valence-corrected chi connectivity index (χ2v) is 2.97. The van der Waals surface area contributed by atoms with E-state index in [0.29, 0.717) is 0 Å². The minimum Gasteiger partial charge on any atom is -0.508 e. The van der Waals surface area contributed by atoms with Crippen molar-refractivity contribution in [3.8, 4) is 5.75 Å². The van der Waals surface area contributed by atoms with Gasteiger partial charge in [-0.25, -0.2) is 4.89 Å². The van der Waals surface area contributed by atoms with Crippen LogP contribution in [0.15, 0.2) is 24.3 Å². The molecule has 0 aliphatic heterocycles. The monoisotopic (exact) mass is 182 g/mol. The summed E-state index contributed by atoms with van der Waals surface area (Å²) in [7, 11) is 0. The van der Waals surface area contributed by atoms with Gasteiger partial charge in [-0.15, -0.1) is 0 Å². The third kappa shape index (κ3) is 2.72. The van der Waals surface area contributed by atoms with Crippen LogP contribution < -0.4 is 0 Å². The van der Waals surface area contributed by atoms with Gasteiger partial charge in [-0.3, -0.25) is 5.26 Å². The van der Waals surface area contributed by atoms with E-state index in [1.165, 1.54) is 0 Å². The fraction of sp³-hybridized carbons (Fsp3) is 0.400. The number of aromatic hydroxyl groups is 1. The lowest BCUT2D eigenvalue weighted by atomic mass is 10.1. The van der Waals surface area contributed by atoms with Gasteiger partial charge < -0.3 is 5.11 Å². The van der Waals surface area contributed by atoms with Crippen molar-refractivity contribution in [1.82, 2.24) is 0 Å². The summed E-state index contributed by atoms with van der Waals surface area (Å²) >= 11 is 0. The Labute approximate surface area is 77.5 Å². The van der Waals surface area contributed by atoms with Crippen molar-refractivity contribution in [2.75, 3.05) is 0 Å². The minimum atomic E-state index is -0.286. The molecule has 1 unspecified atom stereocenters. The van der Waals surface area contributed by atoms with E-state index in [1.807, 2.05) is 6.92 Å². The van der Waals surface area contributed by atoms with Gasteiger partial charge in [0.2, 0.25) is 0 Å². The summed E-state index contributed by atoms with van der Waals surface area (Å²) in [6.07, 6.45) is 1.42. The second kappa shape index (κ2) is 4.84. The molecule has 0 amide bonds. The third-order valence-corrected chi connectivity index (χ3v) is 1.94. The molecule has 0 aliphatic carbocycles. The van der Waals surface area contributed by atoms with Crippen LogP contribution in [0, 0.1) is 0 Å². The summed E-state index contributed by atoms with van der Waals surface area (Å²) in [5, 5.41) is 17.7. The van der Waals surface area contributed by atoms with Gasteiger partial charge in [0.1, 0.15) is 11.9 Å². The van der Waals surface area contributed by atoms with E-state index < -0.39 is 0 Å². The maximum atomic E-state index is 9.04. The molecule has 0 saturated carbocycles. The first kappa shape index (κ1) is 10.0. The van der Waals surface area contributed by atoms with Crippen molar-refractivity contribution in [2.24, 2.45) is 0 Å². The van der Waals surface area contributed by atoms with Gasteiger partial charge in [-0.05, 0) is 24.1 Å². The minimum absolute atomic E-state index is 0.219. The number of phenols is 1. The number of benzene rings is 1. The van der Waals surface area contributed by atoms with Gasteiger partial charge in [0, 0.05) is 0 Å². The van der Waals surface area contributed by atoms with E-state index >= 15 is 0 Å². The maximum absolute atomic E-state index is 9.04. The first-order chi connectivity index (χ1) is 6.27. The van der Waals surface area contributed by atoms with E-state index in [-0.39, 0.29) is 11.9 Å². The van der Waals surface area contributed by atoms with Gasteiger partial charge >= 0.3 is 0 Å². The first-order valence-electron chi connectivity index (χ1n) is 4.37. The summed E-state index contributed by atoms with van der Waals surface area (Å²) in [5.41, 5.74) is 0.877. The zero-order chi connectivity index (χ0) is 9.68. The molecule has 0 bridgehead atoms. The molecule has 0 aliphatic rings. The Morgan fingerprint density at radius 1 is 1.31 bits per heavy atom. The Bertz CT molecular complexity index is 243. The quantitative estimate of drug-likeness (QED) is 0.556.